The zero-order valence-corrected chi connectivity index (χ0v) is 15.9. The molecule has 1 atom stereocenters. The van der Waals surface area contributed by atoms with E-state index in [-0.39, 0.29) is 18.2 Å². The number of benzene rings is 2. The maximum absolute atomic E-state index is 12.5. The first kappa shape index (κ1) is 18.8. The molecule has 3 rings (SSSR count). The van der Waals surface area contributed by atoms with E-state index in [1.54, 1.807) is 17.0 Å². The van der Waals surface area contributed by atoms with Crippen molar-refractivity contribution in [2.24, 2.45) is 5.92 Å². The van der Waals surface area contributed by atoms with E-state index in [1.165, 1.54) is 12.1 Å². The molecular formula is C18H15BrF2N2O2S. The molecule has 4 nitrogen and oxygen atoms in total. The van der Waals surface area contributed by atoms with Crippen LogP contribution in [0.4, 0.5) is 20.2 Å². The van der Waals surface area contributed by atoms with E-state index in [9.17, 15) is 18.4 Å². The van der Waals surface area contributed by atoms with Crippen molar-refractivity contribution in [3.05, 3.63) is 53.0 Å². The van der Waals surface area contributed by atoms with Crippen molar-refractivity contribution in [2.45, 2.75) is 17.1 Å². The lowest BCUT2D eigenvalue weighted by Crippen LogP contribution is -2.28. The highest BCUT2D eigenvalue weighted by atomic mass is 79.9. The van der Waals surface area contributed by atoms with Crippen molar-refractivity contribution in [2.75, 3.05) is 16.8 Å². The number of hydrogen-bond acceptors (Lipinski definition) is 3. The molecule has 2 amide bonds. The molecule has 1 aliphatic heterocycles. The van der Waals surface area contributed by atoms with Gasteiger partial charge in [0.2, 0.25) is 11.8 Å². The van der Waals surface area contributed by atoms with Gasteiger partial charge < -0.3 is 10.2 Å². The number of thioether (sulfide) groups is 1. The molecular weight excluding hydrogens is 426 g/mol. The Kier molecular flexibility index (Phi) is 5.93. The first-order valence-corrected chi connectivity index (χ1v) is 9.52. The zero-order valence-electron chi connectivity index (χ0n) is 13.5. The zero-order chi connectivity index (χ0) is 18.7. The van der Waals surface area contributed by atoms with Gasteiger partial charge in [-0.3, -0.25) is 9.59 Å². The van der Waals surface area contributed by atoms with E-state index in [2.05, 4.69) is 21.2 Å². The third kappa shape index (κ3) is 4.42. The second-order valence-corrected chi connectivity index (χ2v) is 7.67. The van der Waals surface area contributed by atoms with Crippen LogP contribution in [0, 0.1) is 5.92 Å². The Morgan fingerprint density at radius 3 is 2.54 bits per heavy atom. The van der Waals surface area contributed by atoms with E-state index in [1.807, 2.05) is 24.3 Å². The standard InChI is InChI=1S/C18H15BrF2N2O2S/c19-14-3-1-2-4-15(14)23-10-11(9-16(23)24)17(25)22-12-5-7-13(8-6-12)26-18(20)21/h1-8,11,18H,9-10H2,(H,22,25). The minimum Gasteiger partial charge on any atom is -0.326 e. The van der Waals surface area contributed by atoms with Gasteiger partial charge in [-0.05, 0) is 52.3 Å². The van der Waals surface area contributed by atoms with Crippen molar-refractivity contribution >= 4 is 50.9 Å². The van der Waals surface area contributed by atoms with E-state index < -0.39 is 11.7 Å². The molecule has 1 aliphatic rings. The van der Waals surface area contributed by atoms with E-state index in [0.29, 0.717) is 28.9 Å². The Morgan fingerprint density at radius 2 is 1.88 bits per heavy atom. The van der Waals surface area contributed by atoms with Crippen molar-refractivity contribution in [3.63, 3.8) is 0 Å². The van der Waals surface area contributed by atoms with Crippen LogP contribution in [0.25, 0.3) is 0 Å². The molecule has 2 aromatic rings. The predicted octanol–water partition coefficient (Wildman–Crippen LogP) is 4.76. The summed E-state index contributed by atoms with van der Waals surface area (Å²) in [5.41, 5.74) is 1.25. The number of carbonyl (C=O) groups is 2. The smallest absolute Gasteiger partial charge is 0.288 e. The third-order valence-electron chi connectivity index (χ3n) is 3.99. The number of hydrogen-bond donors (Lipinski definition) is 1. The fourth-order valence-electron chi connectivity index (χ4n) is 2.75. The normalized spacial score (nSPS) is 17.0. The number of para-hydroxylation sites is 1. The average Bonchev–Trinajstić information content (AvgIpc) is 2.98. The van der Waals surface area contributed by atoms with Crippen molar-refractivity contribution in [3.8, 4) is 0 Å². The Balaban J connectivity index is 1.64. The molecule has 1 heterocycles. The van der Waals surface area contributed by atoms with Crippen LogP contribution in [0.5, 0.6) is 0 Å². The molecule has 136 valence electrons. The molecule has 0 radical (unpaired) electrons. The second-order valence-electron chi connectivity index (χ2n) is 5.75. The Labute approximate surface area is 162 Å². The summed E-state index contributed by atoms with van der Waals surface area (Å²) in [6.07, 6.45) is 0.131. The first-order chi connectivity index (χ1) is 12.4. The van der Waals surface area contributed by atoms with Gasteiger partial charge in [0, 0.05) is 28.0 Å². The molecule has 0 bridgehead atoms. The van der Waals surface area contributed by atoms with Crippen LogP contribution in [-0.4, -0.2) is 24.1 Å². The average molecular weight is 441 g/mol. The SMILES string of the molecule is O=C(Nc1ccc(SC(F)F)cc1)C1CC(=O)N(c2ccccc2Br)C1. The first-order valence-electron chi connectivity index (χ1n) is 7.84. The highest BCUT2D eigenvalue weighted by Gasteiger charge is 2.35. The Hall–Kier alpha value is -1.93. The van der Waals surface area contributed by atoms with Gasteiger partial charge in [0.25, 0.3) is 5.76 Å². The molecule has 0 saturated carbocycles. The number of carbonyl (C=O) groups excluding carboxylic acids is 2. The lowest BCUT2D eigenvalue weighted by Gasteiger charge is -2.18. The number of nitrogens with zero attached hydrogens (tertiary/aromatic N) is 1. The lowest BCUT2D eigenvalue weighted by molar-refractivity contribution is -0.122. The molecule has 8 heteroatoms. The number of nitrogens with one attached hydrogen (secondary N) is 1. The third-order valence-corrected chi connectivity index (χ3v) is 5.38. The predicted molar refractivity (Wildman–Crippen MR) is 102 cm³/mol. The van der Waals surface area contributed by atoms with Crippen molar-refractivity contribution in [1.82, 2.24) is 0 Å². The summed E-state index contributed by atoms with van der Waals surface area (Å²) in [7, 11) is 0. The quantitative estimate of drug-likeness (QED) is 0.682. The largest absolute Gasteiger partial charge is 0.326 e. The van der Waals surface area contributed by atoms with E-state index >= 15 is 0 Å². The molecule has 1 saturated heterocycles. The van der Waals surface area contributed by atoms with Gasteiger partial charge in [-0.15, -0.1) is 0 Å². The molecule has 0 aliphatic carbocycles. The monoisotopic (exact) mass is 440 g/mol. The van der Waals surface area contributed by atoms with Gasteiger partial charge in [0.05, 0.1) is 11.6 Å². The van der Waals surface area contributed by atoms with Crippen molar-refractivity contribution < 1.29 is 18.4 Å². The molecule has 1 unspecified atom stereocenters. The topological polar surface area (TPSA) is 49.4 Å². The molecule has 26 heavy (non-hydrogen) atoms. The summed E-state index contributed by atoms with van der Waals surface area (Å²) >= 11 is 3.87. The molecule has 2 aromatic carbocycles. The van der Waals surface area contributed by atoms with Crippen LogP contribution in [0.3, 0.4) is 0 Å². The van der Waals surface area contributed by atoms with E-state index in [0.717, 1.165) is 10.2 Å². The molecule has 0 aromatic heterocycles. The van der Waals surface area contributed by atoms with Crippen LogP contribution < -0.4 is 10.2 Å². The number of anilines is 2. The van der Waals surface area contributed by atoms with Gasteiger partial charge in [-0.1, -0.05) is 23.9 Å². The fourth-order valence-corrected chi connectivity index (χ4v) is 3.75. The number of amides is 2. The Bertz CT molecular complexity index is 817. The van der Waals surface area contributed by atoms with Crippen LogP contribution in [0.1, 0.15) is 6.42 Å². The molecule has 1 N–H and O–H groups in total. The van der Waals surface area contributed by atoms with Gasteiger partial charge >= 0.3 is 0 Å². The highest BCUT2D eigenvalue weighted by Crippen LogP contribution is 2.32. The van der Waals surface area contributed by atoms with Gasteiger partial charge in [-0.25, -0.2) is 0 Å². The molecule has 0 spiro atoms. The van der Waals surface area contributed by atoms with Gasteiger partial charge in [0.15, 0.2) is 0 Å². The minimum absolute atomic E-state index is 0.110. The maximum atomic E-state index is 12.5. The van der Waals surface area contributed by atoms with Crippen molar-refractivity contribution in [1.29, 1.82) is 0 Å². The maximum Gasteiger partial charge on any atom is 0.288 e. The Morgan fingerprint density at radius 1 is 1.19 bits per heavy atom. The van der Waals surface area contributed by atoms with E-state index in [4.69, 9.17) is 0 Å². The summed E-state index contributed by atoms with van der Waals surface area (Å²) in [6, 6.07) is 13.6. The van der Waals surface area contributed by atoms with Crippen LogP contribution in [0.15, 0.2) is 57.9 Å². The number of rotatable bonds is 5. The van der Waals surface area contributed by atoms with Crippen LogP contribution in [0.2, 0.25) is 0 Å². The minimum atomic E-state index is -2.48. The number of alkyl halides is 2. The number of halogens is 3. The van der Waals surface area contributed by atoms with Crippen LogP contribution in [-0.2, 0) is 9.59 Å². The summed E-state index contributed by atoms with van der Waals surface area (Å²) in [5, 5.41) is 2.75. The summed E-state index contributed by atoms with van der Waals surface area (Å²) in [5.74, 6) is -3.32. The summed E-state index contributed by atoms with van der Waals surface area (Å²) in [4.78, 5) is 26.8. The lowest BCUT2D eigenvalue weighted by atomic mass is 10.1. The fraction of sp³-hybridized carbons (Fsp3) is 0.222. The summed E-state index contributed by atoms with van der Waals surface area (Å²) in [6.45, 7) is 0.298. The highest BCUT2D eigenvalue weighted by molar-refractivity contribution is 9.10. The molecule has 1 fully saturated rings. The summed E-state index contributed by atoms with van der Waals surface area (Å²) < 4.78 is 25.5. The van der Waals surface area contributed by atoms with Gasteiger partial charge in [0.1, 0.15) is 0 Å². The van der Waals surface area contributed by atoms with Gasteiger partial charge in [-0.2, -0.15) is 8.78 Å². The van der Waals surface area contributed by atoms with Crippen LogP contribution >= 0.6 is 27.7 Å². The second kappa shape index (κ2) is 8.18.